The molecule has 3 heteroatoms. The Morgan fingerprint density at radius 2 is 1.73 bits per heavy atom. The topological polar surface area (TPSA) is 29.1 Å². The predicted molar refractivity (Wildman–Crippen MR) is 95.2 cm³/mol. The maximum absolute atomic E-state index is 12.2. The van der Waals surface area contributed by atoms with Crippen LogP contribution in [0.3, 0.4) is 0 Å². The molecular weight excluding hydrogens is 338 g/mol. The summed E-state index contributed by atoms with van der Waals surface area (Å²) in [4.78, 5) is 12.2. The third-order valence-corrected chi connectivity index (χ3v) is 4.25. The molecule has 0 aliphatic rings. The monoisotopic (exact) mass is 359 g/mol. The minimum absolute atomic E-state index is 0.0391. The summed E-state index contributed by atoms with van der Waals surface area (Å²) in [6.45, 7) is 9.08. The SMILES string of the molecule is Cc1cc(Br)ccc1CNC(=O)c1ccc(C(C)(C)C)cc1. The Kier molecular flexibility index (Phi) is 5.07. The minimum Gasteiger partial charge on any atom is -0.348 e. The second-order valence-corrected chi connectivity index (χ2v) is 7.50. The Labute approximate surface area is 141 Å². The van der Waals surface area contributed by atoms with E-state index < -0.39 is 0 Å². The number of hydrogen-bond acceptors (Lipinski definition) is 1. The van der Waals surface area contributed by atoms with Gasteiger partial charge in [0.25, 0.3) is 5.91 Å². The first-order valence-electron chi connectivity index (χ1n) is 7.41. The molecule has 0 atom stereocenters. The van der Waals surface area contributed by atoms with Crippen LogP contribution < -0.4 is 5.32 Å². The molecule has 0 saturated heterocycles. The van der Waals surface area contributed by atoms with E-state index in [9.17, 15) is 4.79 Å². The largest absolute Gasteiger partial charge is 0.348 e. The summed E-state index contributed by atoms with van der Waals surface area (Å²) in [5, 5.41) is 2.98. The lowest BCUT2D eigenvalue weighted by atomic mass is 9.87. The number of aryl methyl sites for hydroxylation is 1. The van der Waals surface area contributed by atoms with E-state index in [1.54, 1.807) is 0 Å². The molecule has 1 amide bonds. The first-order chi connectivity index (χ1) is 10.3. The Balaban J connectivity index is 2.03. The summed E-state index contributed by atoms with van der Waals surface area (Å²) >= 11 is 3.45. The van der Waals surface area contributed by atoms with Crippen LogP contribution >= 0.6 is 15.9 Å². The van der Waals surface area contributed by atoms with Crippen molar-refractivity contribution in [1.82, 2.24) is 5.32 Å². The Morgan fingerprint density at radius 1 is 1.09 bits per heavy atom. The van der Waals surface area contributed by atoms with Gasteiger partial charge in [0.2, 0.25) is 0 Å². The molecule has 0 radical (unpaired) electrons. The number of amides is 1. The van der Waals surface area contributed by atoms with Gasteiger partial charge in [-0.2, -0.15) is 0 Å². The first-order valence-corrected chi connectivity index (χ1v) is 8.20. The highest BCUT2D eigenvalue weighted by Gasteiger charge is 2.14. The van der Waals surface area contributed by atoms with Crippen molar-refractivity contribution in [3.8, 4) is 0 Å². The van der Waals surface area contributed by atoms with Gasteiger partial charge in [-0.3, -0.25) is 4.79 Å². The van der Waals surface area contributed by atoms with Gasteiger partial charge in [-0.25, -0.2) is 0 Å². The van der Waals surface area contributed by atoms with Crippen molar-refractivity contribution >= 4 is 21.8 Å². The fourth-order valence-electron chi connectivity index (χ4n) is 2.26. The average Bonchev–Trinajstić information content (AvgIpc) is 2.45. The Hall–Kier alpha value is -1.61. The van der Waals surface area contributed by atoms with Crippen LogP contribution in [0.5, 0.6) is 0 Å². The van der Waals surface area contributed by atoms with Gasteiger partial charge in [0.05, 0.1) is 0 Å². The van der Waals surface area contributed by atoms with Crippen LogP contribution in [0.1, 0.15) is 47.8 Å². The van der Waals surface area contributed by atoms with Gasteiger partial charge in [0, 0.05) is 16.6 Å². The van der Waals surface area contributed by atoms with Crippen LogP contribution in [0, 0.1) is 6.92 Å². The van der Waals surface area contributed by atoms with Gasteiger partial charge in [0.15, 0.2) is 0 Å². The number of halogens is 1. The zero-order chi connectivity index (χ0) is 16.3. The van der Waals surface area contributed by atoms with Gasteiger partial charge >= 0.3 is 0 Å². The molecule has 0 saturated carbocycles. The van der Waals surface area contributed by atoms with E-state index in [1.807, 2.05) is 43.3 Å². The lowest BCUT2D eigenvalue weighted by Crippen LogP contribution is -2.23. The Morgan fingerprint density at radius 3 is 2.27 bits per heavy atom. The van der Waals surface area contributed by atoms with Crippen molar-refractivity contribution in [2.75, 3.05) is 0 Å². The van der Waals surface area contributed by atoms with Crippen molar-refractivity contribution < 1.29 is 4.79 Å². The zero-order valence-corrected chi connectivity index (χ0v) is 15.1. The molecule has 0 spiro atoms. The smallest absolute Gasteiger partial charge is 0.251 e. The van der Waals surface area contributed by atoms with Gasteiger partial charge < -0.3 is 5.32 Å². The summed E-state index contributed by atoms with van der Waals surface area (Å²) in [6, 6.07) is 13.9. The molecule has 2 rings (SSSR count). The van der Waals surface area contributed by atoms with Crippen LogP contribution in [-0.4, -0.2) is 5.91 Å². The normalized spacial score (nSPS) is 11.3. The molecule has 22 heavy (non-hydrogen) atoms. The average molecular weight is 360 g/mol. The standard InChI is InChI=1S/C19H22BrNO/c1-13-11-17(20)10-7-15(13)12-21-18(22)14-5-8-16(9-6-14)19(2,3)4/h5-11H,12H2,1-4H3,(H,21,22). The lowest BCUT2D eigenvalue weighted by Gasteiger charge is -2.19. The third kappa shape index (κ3) is 4.20. The molecule has 2 aromatic rings. The highest BCUT2D eigenvalue weighted by molar-refractivity contribution is 9.10. The molecule has 2 nitrogen and oxygen atoms in total. The number of rotatable bonds is 3. The summed E-state index contributed by atoms with van der Waals surface area (Å²) in [7, 11) is 0. The van der Waals surface area contributed by atoms with Gasteiger partial charge in [-0.15, -0.1) is 0 Å². The summed E-state index contributed by atoms with van der Waals surface area (Å²) < 4.78 is 1.05. The van der Waals surface area contributed by atoms with Crippen LogP contribution in [0.25, 0.3) is 0 Å². The van der Waals surface area contributed by atoms with Crippen molar-refractivity contribution in [2.45, 2.75) is 39.7 Å². The Bertz CT molecular complexity index is 669. The molecule has 0 aromatic heterocycles. The van der Waals surface area contributed by atoms with Crippen LogP contribution in [0.2, 0.25) is 0 Å². The van der Waals surface area contributed by atoms with Crippen molar-refractivity contribution in [3.05, 3.63) is 69.2 Å². The summed E-state index contributed by atoms with van der Waals surface area (Å²) in [5.74, 6) is -0.0391. The molecule has 0 bridgehead atoms. The fraction of sp³-hybridized carbons (Fsp3) is 0.316. The minimum atomic E-state index is -0.0391. The number of nitrogens with one attached hydrogen (secondary N) is 1. The molecule has 0 aliphatic carbocycles. The van der Waals surface area contributed by atoms with E-state index in [0.29, 0.717) is 12.1 Å². The number of carbonyl (C=O) groups excluding carboxylic acids is 1. The molecule has 116 valence electrons. The van der Waals surface area contributed by atoms with Crippen molar-refractivity contribution in [2.24, 2.45) is 0 Å². The molecule has 1 N–H and O–H groups in total. The number of hydrogen-bond donors (Lipinski definition) is 1. The molecule has 2 aromatic carbocycles. The molecular formula is C19H22BrNO. The van der Waals surface area contributed by atoms with E-state index in [2.05, 4.69) is 48.1 Å². The zero-order valence-electron chi connectivity index (χ0n) is 13.5. The highest BCUT2D eigenvalue weighted by atomic mass is 79.9. The van der Waals surface area contributed by atoms with E-state index in [4.69, 9.17) is 0 Å². The van der Waals surface area contributed by atoms with E-state index in [0.717, 1.165) is 15.6 Å². The lowest BCUT2D eigenvalue weighted by molar-refractivity contribution is 0.0951. The second-order valence-electron chi connectivity index (χ2n) is 6.58. The molecule has 0 unspecified atom stereocenters. The number of benzene rings is 2. The van der Waals surface area contributed by atoms with Crippen LogP contribution in [0.15, 0.2) is 46.9 Å². The van der Waals surface area contributed by atoms with E-state index in [1.165, 1.54) is 5.56 Å². The van der Waals surface area contributed by atoms with E-state index in [-0.39, 0.29) is 11.3 Å². The van der Waals surface area contributed by atoms with Crippen molar-refractivity contribution in [3.63, 3.8) is 0 Å². The third-order valence-electron chi connectivity index (χ3n) is 3.76. The maximum Gasteiger partial charge on any atom is 0.251 e. The maximum atomic E-state index is 12.2. The van der Waals surface area contributed by atoms with Crippen LogP contribution in [-0.2, 0) is 12.0 Å². The first kappa shape index (κ1) is 16.8. The molecule has 0 heterocycles. The summed E-state index contributed by atoms with van der Waals surface area (Å²) in [6.07, 6.45) is 0. The molecule has 0 aliphatic heterocycles. The second kappa shape index (κ2) is 6.66. The van der Waals surface area contributed by atoms with Gasteiger partial charge in [0.1, 0.15) is 0 Å². The summed E-state index contributed by atoms with van der Waals surface area (Å²) in [5.41, 5.74) is 4.32. The number of carbonyl (C=O) groups is 1. The fourth-order valence-corrected chi connectivity index (χ4v) is 2.73. The van der Waals surface area contributed by atoms with Crippen molar-refractivity contribution in [1.29, 1.82) is 0 Å². The van der Waals surface area contributed by atoms with Crippen LogP contribution in [0.4, 0.5) is 0 Å². The van der Waals surface area contributed by atoms with Gasteiger partial charge in [-0.1, -0.05) is 54.9 Å². The van der Waals surface area contributed by atoms with E-state index >= 15 is 0 Å². The quantitative estimate of drug-likeness (QED) is 0.821. The van der Waals surface area contributed by atoms with Gasteiger partial charge in [-0.05, 0) is 53.3 Å². The highest BCUT2D eigenvalue weighted by Crippen LogP contribution is 2.22. The molecule has 0 fully saturated rings. The predicted octanol–water partition coefficient (Wildman–Crippen LogP) is 4.99.